The Hall–Kier alpha value is -1.29. The molecule has 0 radical (unpaired) electrons. The molecule has 1 saturated carbocycles. The zero-order chi connectivity index (χ0) is 15.1. The van der Waals surface area contributed by atoms with Gasteiger partial charge in [0, 0.05) is 22.2 Å². The standard InChI is InChI=1S/C17H22BrNO2/c1-21-16-10-9-14(18)12-13(16)8-11-17(20)19-15-6-4-2-3-5-7-15/h8-12,15H,2-7H2,1H3,(H,19,20). The molecule has 0 spiro atoms. The topological polar surface area (TPSA) is 38.3 Å². The summed E-state index contributed by atoms with van der Waals surface area (Å²) >= 11 is 3.43. The molecule has 0 aromatic heterocycles. The Morgan fingerprint density at radius 3 is 2.67 bits per heavy atom. The van der Waals surface area contributed by atoms with Crippen molar-refractivity contribution in [2.75, 3.05) is 7.11 Å². The maximum absolute atomic E-state index is 12.0. The first-order valence-electron chi connectivity index (χ1n) is 7.51. The Labute approximate surface area is 134 Å². The van der Waals surface area contributed by atoms with E-state index < -0.39 is 0 Å². The molecule has 0 atom stereocenters. The van der Waals surface area contributed by atoms with Gasteiger partial charge in [0.1, 0.15) is 5.75 Å². The van der Waals surface area contributed by atoms with Crippen molar-refractivity contribution >= 4 is 27.9 Å². The second-order valence-electron chi connectivity index (χ2n) is 5.42. The van der Waals surface area contributed by atoms with Crippen molar-refractivity contribution in [3.05, 3.63) is 34.3 Å². The Morgan fingerprint density at radius 2 is 2.00 bits per heavy atom. The minimum atomic E-state index is -0.0241. The highest BCUT2D eigenvalue weighted by molar-refractivity contribution is 9.10. The van der Waals surface area contributed by atoms with Crippen LogP contribution in [0.5, 0.6) is 5.75 Å². The van der Waals surface area contributed by atoms with Crippen LogP contribution in [0.2, 0.25) is 0 Å². The monoisotopic (exact) mass is 351 g/mol. The predicted octanol–water partition coefficient (Wildman–Crippen LogP) is 4.31. The molecule has 1 fully saturated rings. The van der Waals surface area contributed by atoms with E-state index in [4.69, 9.17) is 4.74 Å². The van der Waals surface area contributed by atoms with E-state index in [0.29, 0.717) is 6.04 Å². The maximum atomic E-state index is 12.0. The number of hydrogen-bond acceptors (Lipinski definition) is 2. The molecule has 0 unspecified atom stereocenters. The van der Waals surface area contributed by atoms with Crippen LogP contribution in [0.4, 0.5) is 0 Å². The van der Waals surface area contributed by atoms with Gasteiger partial charge < -0.3 is 10.1 Å². The normalized spacial score (nSPS) is 16.7. The SMILES string of the molecule is COc1ccc(Br)cc1C=CC(=O)NC1CCCCCC1. The molecule has 1 aromatic rings. The van der Waals surface area contributed by atoms with Gasteiger partial charge in [-0.05, 0) is 37.1 Å². The summed E-state index contributed by atoms with van der Waals surface area (Å²) in [6.45, 7) is 0. The molecule has 0 bridgehead atoms. The van der Waals surface area contributed by atoms with Gasteiger partial charge in [0.2, 0.25) is 5.91 Å². The van der Waals surface area contributed by atoms with Crippen molar-refractivity contribution in [2.24, 2.45) is 0 Å². The average Bonchev–Trinajstić information content (AvgIpc) is 2.74. The Balaban J connectivity index is 1.96. The van der Waals surface area contributed by atoms with E-state index in [-0.39, 0.29) is 5.91 Å². The highest BCUT2D eigenvalue weighted by atomic mass is 79.9. The molecule has 4 heteroatoms. The third kappa shape index (κ3) is 5.20. The zero-order valence-electron chi connectivity index (χ0n) is 12.4. The smallest absolute Gasteiger partial charge is 0.244 e. The van der Waals surface area contributed by atoms with Crippen LogP contribution in [0, 0.1) is 0 Å². The van der Waals surface area contributed by atoms with Crippen LogP contribution in [0.25, 0.3) is 6.08 Å². The summed E-state index contributed by atoms with van der Waals surface area (Å²) in [5, 5.41) is 3.10. The lowest BCUT2D eigenvalue weighted by Gasteiger charge is -2.14. The lowest BCUT2D eigenvalue weighted by Crippen LogP contribution is -2.33. The van der Waals surface area contributed by atoms with Gasteiger partial charge >= 0.3 is 0 Å². The van der Waals surface area contributed by atoms with Gasteiger partial charge in [-0.15, -0.1) is 0 Å². The van der Waals surface area contributed by atoms with E-state index in [9.17, 15) is 4.79 Å². The van der Waals surface area contributed by atoms with E-state index >= 15 is 0 Å². The van der Waals surface area contributed by atoms with Gasteiger partial charge in [0.05, 0.1) is 7.11 Å². The summed E-state index contributed by atoms with van der Waals surface area (Å²) in [5.74, 6) is 0.737. The summed E-state index contributed by atoms with van der Waals surface area (Å²) in [6.07, 6.45) is 10.6. The van der Waals surface area contributed by atoms with Gasteiger partial charge in [-0.3, -0.25) is 4.79 Å². The summed E-state index contributed by atoms with van der Waals surface area (Å²) in [6, 6.07) is 6.07. The Kier molecular flexibility index (Phi) is 6.30. The van der Waals surface area contributed by atoms with E-state index in [0.717, 1.165) is 28.6 Å². The Morgan fingerprint density at radius 1 is 1.29 bits per heavy atom. The van der Waals surface area contributed by atoms with Crippen LogP contribution in [0.1, 0.15) is 44.1 Å². The second-order valence-corrected chi connectivity index (χ2v) is 6.33. The first-order valence-corrected chi connectivity index (χ1v) is 8.30. The number of ether oxygens (including phenoxy) is 1. The molecule has 3 nitrogen and oxygen atoms in total. The molecule has 1 N–H and O–H groups in total. The first-order chi connectivity index (χ1) is 10.2. The summed E-state index contributed by atoms with van der Waals surface area (Å²) in [5.41, 5.74) is 0.892. The second kappa shape index (κ2) is 8.23. The molecule has 0 saturated heterocycles. The minimum absolute atomic E-state index is 0.0241. The maximum Gasteiger partial charge on any atom is 0.244 e. The van der Waals surface area contributed by atoms with Crippen LogP contribution in [-0.2, 0) is 4.79 Å². The quantitative estimate of drug-likeness (QED) is 0.648. The highest BCUT2D eigenvalue weighted by Gasteiger charge is 2.13. The first kappa shape index (κ1) is 16.1. The number of hydrogen-bond donors (Lipinski definition) is 1. The molecule has 114 valence electrons. The van der Waals surface area contributed by atoms with Crippen LogP contribution in [0.3, 0.4) is 0 Å². The van der Waals surface area contributed by atoms with E-state index in [1.54, 1.807) is 19.3 Å². The summed E-state index contributed by atoms with van der Waals surface area (Å²) < 4.78 is 6.26. The molecule has 1 aromatic carbocycles. The van der Waals surface area contributed by atoms with Gasteiger partial charge in [-0.25, -0.2) is 0 Å². The third-order valence-corrected chi connectivity index (χ3v) is 4.30. The van der Waals surface area contributed by atoms with Crippen molar-refractivity contribution in [1.29, 1.82) is 0 Å². The number of rotatable bonds is 4. The summed E-state index contributed by atoms with van der Waals surface area (Å²) in [4.78, 5) is 12.0. The molecular formula is C17H22BrNO2. The van der Waals surface area contributed by atoms with Crippen molar-refractivity contribution in [1.82, 2.24) is 5.32 Å². The van der Waals surface area contributed by atoms with Crippen LogP contribution in [-0.4, -0.2) is 19.1 Å². The third-order valence-electron chi connectivity index (χ3n) is 3.81. The van der Waals surface area contributed by atoms with E-state index in [1.807, 2.05) is 18.2 Å². The fraction of sp³-hybridized carbons (Fsp3) is 0.471. The molecule has 1 aliphatic rings. The number of halogens is 1. The van der Waals surface area contributed by atoms with Gasteiger partial charge in [-0.2, -0.15) is 0 Å². The van der Waals surface area contributed by atoms with Crippen LogP contribution < -0.4 is 10.1 Å². The summed E-state index contributed by atoms with van der Waals surface area (Å²) in [7, 11) is 1.63. The van der Waals surface area contributed by atoms with Gasteiger partial charge in [0.15, 0.2) is 0 Å². The number of carbonyl (C=O) groups excluding carboxylic acids is 1. The highest BCUT2D eigenvalue weighted by Crippen LogP contribution is 2.24. The van der Waals surface area contributed by atoms with E-state index in [1.165, 1.54) is 25.7 Å². The molecule has 21 heavy (non-hydrogen) atoms. The minimum Gasteiger partial charge on any atom is -0.496 e. The molecule has 2 rings (SSSR count). The molecule has 0 heterocycles. The van der Waals surface area contributed by atoms with Crippen LogP contribution >= 0.6 is 15.9 Å². The average molecular weight is 352 g/mol. The van der Waals surface area contributed by atoms with E-state index in [2.05, 4.69) is 21.2 Å². The number of amides is 1. The number of benzene rings is 1. The largest absolute Gasteiger partial charge is 0.496 e. The number of nitrogens with one attached hydrogen (secondary N) is 1. The molecular weight excluding hydrogens is 330 g/mol. The number of carbonyl (C=O) groups is 1. The predicted molar refractivity (Wildman–Crippen MR) is 89.4 cm³/mol. The molecule has 0 aliphatic heterocycles. The van der Waals surface area contributed by atoms with Crippen molar-refractivity contribution < 1.29 is 9.53 Å². The van der Waals surface area contributed by atoms with Crippen molar-refractivity contribution in [3.63, 3.8) is 0 Å². The van der Waals surface area contributed by atoms with Crippen LogP contribution in [0.15, 0.2) is 28.7 Å². The molecule has 1 amide bonds. The fourth-order valence-corrected chi connectivity index (χ4v) is 3.05. The van der Waals surface area contributed by atoms with Gasteiger partial charge in [-0.1, -0.05) is 41.6 Å². The fourth-order valence-electron chi connectivity index (χ4n) is 2.67. The van der Waals surface area contributed by atoms with Gasteiger partial charge in [0.25, 0.3) is 0 Å². The Bertz CT molecular complexity index is 506. The lowest BCUT2D eigenvalue weighted by atomic mass is 10.1. The zero-order valence-corrected chi connectivity index (χ0v) is 14.0. The number of methoxy groups -OCH3 is 1. The lowest BCUT2D eigenvalue weighted by molar-refractivity contribution is -0.117. The molecule has 1 aliphatic carbocycles. The van der Waals surface area contributed by atoms with Crippen molar-refractivity contribution in [2.45, 2.75) is 44.6 Å². The van der Waals surface area contributed by atoms with Crippen molar-refractivity contribution in [3.8, 4) is 5.75 Å².